The van der Waals surface area contributed by atoms with Crippen molar-refractivity contribution in [3.8, 4) is 12.1 Å². The SMILES string of the molecule is N#CCC[C@H](C#N)Cn1ccc2sccc2c1=O. The molecule has 0 fully saturated rings. The van der Waals surface area contributed by atoms with Gasteiger partial charge in [0.25, 0.3) is 5.56 Å². The van der Waals surface area contributed by atoms with Crippen LogP contribution in [0.15, 0.2) is 28.5 Å². The summed E-state index contributed by atoms with van der Waals surface area (Å²) in [6.07, 6.45) is 2.56. The van der Waals surface area contributed by atoms with Gasteiger partial charge in [-0.25, -0.2) is 0 Å². The summed E-state index contributed by atoms with van der Waals surface area (Å²) in [5.74, 6) is -0.293. The highest BCUT2D eigenvalue weighted by atomic mass is 32.1. The van der Waals surface area contributed by atoms with Crippen molar-refractivity contribution < 1.29 is 0 Å². The smallest absolute Gasteiger partial charge is 0.259 e. The third-order valence-electron chi connectivity index (χ3n) is 2.80. The summed E-state index contributed by atoms with van der Waals surface area (Å²) >= 11 is 1.53. The molecule has 2 rings (SSSR count). The minimum absolute atomic E-state index is 0.0639. The van der Waals surface area contributed by atoms with Crippen LogP contribution in [0.2, 0.25) is 0 Å². The van der Waals surface area contributed by atoms with Crippen LogP contribution >= 0.6 is 11.3 Å². The first-order chi connectivity index (χ1) is 8.76. The van der Waals surface area contributed by atoms with Crippen LogP contribution in [0.4, 0.5) is 0 Å². The molecule has 0 saturated carbocycles. The van der Waals surface area contributed by atoms with E-state index in [2.05, 4.69) is 6.07 Å². The van der Waals surface area contributed by atoms with E-state index in [1.54, 1.807) is 16.8 Å². The van der Waals surface area contributed by atoms with Crippen LogP contribution in [0.25, 0.3) is 10.1 Å². The topological polar surface area (TPSA) is 69.6 Å². The van der Waals surface area contributed by atoms with Crippen molar-refractivity contribution in [1.82, 2.24) is 4.57 Å². The molecule has 0 aliphatic heterocycles. The lowest BCUT2D eigenvalue weighted by Crippen LogP contribution is -2.22. The van der Waals surface area contributed by atoms with Crippen molar-refractivity contribution in [2.75, 3.05) is 0 Å². The summed E-state index contributed by atoms with van der Waals surface area (Å²) in [4.78, 5) is 12.1. The van der Waals surface area contributed by atoms with Crippen LogP contribution in [0.5, 0.6) is 0 Å². The van der Waals surface area contributed by atoms with E-state index in [9.17, 15) is 4.79 Å². The second kappa shape index (κ2) is 5.48. The minimum Gasteiger partial charge on any atom is -0.314 e. The highest BCUT2D eigenvalue weighted by molar-refractivity contribution is 7.17. The van der Waals surface area contributed by atoms with Gasteiger partial charge in [-0.1, -0.05) is 0 Å². The lowest BCUT2D eigenvalue weighted by Gasteiger charge is -2.09. The van der Waals surface area contributed by atoms with Gasteiger partial charge in [0.05, 0.1) is 23.4 Å². The molecule has 18 heavy (non-hydrogen) atoms. The molecule has 0 aliphatic rings. The van der Waals surface area contributed by atoms with Crippen molar-refractivity contribution in [3.05, 3.63) is 34.1 Å². The molecular weight excluding hydrogens is 246 g/mol. The average molecular weight is 257 g/mol. The Bertz CT molecular complexity index is 687. The highest BCUT2D eigenvalue weighted by Crippen LogP contribution is 2.17. The van der Waals surface area contributed by atoms with Gasteiger partial charge in [0.1, 0.15) is 0 Å². The fourth-order valence-corrected chi connectivity index (χ4v) is 2.60. The molecule has 0 N–H and O–H groups in total. The van der Waals surface area contributed by atoms with Crippen LogP contribution < -0.4 is 5.56 Å². The van der Waals surface area contributed by atoms with Crippen LogP contribution in [0, 0.1) is 28.6 Å². The number of nitrogens with zero attached hydrogens (tertiary/aromatic N) is 3. The molecule has 2 aromatic rings. The van der Waals surface area contributed by atoms with Gasteiger partial charge in [0.2, 0.25) is 0 Å². The van der Waals surface area contributed by atoms with E-state index in [1.165, 1.54) is 11.3 Å². The molecular formula is C13H11N3OS. The van der Waals surface area contributed by atoms with E-state index in [0.29, 0.717) is 24.8 Å². The molecule has 0 bridgehead atoms. The van der Waals surface area contributed by atoms with Gasteiger partial charge in [-0.3, -0.25) is 4.79 Å². The maximum absolute atomic E-state index is 12.1. The first-order valence-electron chi connectivity index (χ1n) is 5.59. The number of rotatable bonds is 4. The van der Waals surface area contributed by atoms with Crippen LogP contribution in [0.3, 0.4) is 0 Å². The van der Waals surface area contributed by atoms with E-state index >= 15 is 0 Å². The Morgan fingerprint density at radius 3 is 2.94 bits per heavy atom. The van der Waals surface area contributed by atoms with Gasteiger partial charge >= 0.3 is 0 Å². The predicted molar refractivity (Wildman–Crippen MR) is 70.0 cm³/mol. The molecule has 0 saturated heterocycles. The standard InChI is InChI=1S/C13H11N3OS/c14-5-1-2-10(8-15)9-16-6-3-12-11(13(16)17)4-7-18-12/h3-4,6-7,10H,1-2,9H2/t10-/m1/s1. The maximum Gasteiger partial charge on any atom is 0.259 e. The van der Waals surface area contributed by atoms with E-state index < -0.39 is 0 Å². The minimum atomic E-state index is -0.293. The molecule has 0 aromatic carbocycles. The number of thiophene rings is 1. The van der Waals surface area contributed by atoms with Gasteiger partial charge in [-0.15, -0.1) is 11.3 Å². The lowest BCUT2D eigenvalue weighted by atomic mass is 10.1. The largest absolute Gasteiger partial charge is 0.314 e. The molecule has 90 valence electrons. The Hall–Kier alpha value is -2.11. The second-order valence-electron chi connectivity index (χ2n) is 3.99. The molecule has 4 nitrogen and oxygen atoms in total. The number of nitriles is 2. The Morgan fingerprint density at radius 1 is 1.39 bits per heavy atom. The number of aromatic nitrogens is 1. The third kappa shape index (κ3) is 2.42. The van der Waals surface area contributed by atoms with Crippen molar-refractivity contribution in [2.24, 2.45) is 5.92 Å². The van der Waals surface area contributed by atoms with Crippen molar-refractivity contribution in [2.45, 2.75) is 19.4 Å². The first kappa shape index (κ1) is 12.3. The van der Waals surface area contributed by atoms with E-state index in [-0.39, 0.29) is 11.5 Å². The van der Waals surface area contributed by atoms with Crippen molar-refractivity contribution in [3.63, 3.8) is 0 Å². The molecule has 0 radical (unpaired) electrons. The van der Waals surface area contributed by atoms with Crippen molar-refractivity contribution in [1.29, 1.82) is 10.5 Å². The van der Waals surface area contributed by atoms with Crippen LogP contribution in [-0.2, 0) is 6.54 Å². The van der Waals surface area contributed by atoms with Crippen LogP contribution in [0.1, 0.15) is 12.8 Å². The zero-order chi connectivity index (χ0) is 13.0. The van der Waals surface area contributed by atoms with E-state index in [1.807, 2.05) is 17.5 Å². The molecule has 5 heteroatoms. The molecule has 0 spiro atoms. The monoisotopic (exact) mass is 257 g/mol. The van der Waals surface area contributed by atoms with Gasteiger partial charge in [0, 0.05) is 23.9 Å². The van der Waals surface area contributed by atoms with Crippen molar-refractivity contribution >= 4 is 21.4 Å². The van der Waals surface area contributed by atoms with Gasteiger partial charge < -0.3 is 4.57 Å². The molecule has 0 aliphatic carbocycles. The van der Waals surface area contributed by atoms with Gasteiger partial charge in [0.15, 0.2) is 0 Å². The second-order valence-corrected chi connectivity index (χ2v) is 4.94. The quantitative estimate of drug-likeness (QED) is 0.845. The molecule has 0 amide bonds. The van der Waals surface area contributed by atoms with Gasteiger partial charge in [-0.2, -0.15) is 10.5 Å². The molecule has 2 heterocycles. The third-order valence-corrected chi connectivity index (χ3v) is 3.68. The number of pyridine rings is 1. The Balaban J connectivity index is 2.26. The zero-order valence-corrected chi connectivity index (χ0v) is 10.5. The summed E-state index contributed by atoms with van der Waals surface area (Å²) in [6, 6.07) is 7.86. The number of hydrogen-bond donors (Lipinski definition) is 0. The summed E-state index contributed by atoms with van der Waals surface area (Å²) in [6.45, 7) is 0.350. The fourth-order valence-electron chi connectivity index (χ4n) is 1.82. The predicted octanol–water partition coefficient (Wildman–Crippen LogP) is 2.51. The maximum atomic E-state index is 12.1. The number of fused-ring (bicyclic) bond motifs is 1. The Morgan fingerprint density at radius 2 is 2.22 bits per heavy atom. The first-order valence-corrected chi connectivity index (χ1v) is 6.47. The zero-order valence-electron chi connectivity index (χ0n) is 9.67. The van der Waals surface area contributed by atoms with E-state index in [0.717, 1.165) is 4.70 Å². The summed E-state index contributed by atoms with van der Waals surface area (Å²) < 4.78 is 2.52. The molecule has 2 aromatic heterocycles. The Kier molecular flexibility index (Phi) is 3.76. The van der Waals surface area contributed by atoms with Crippen LogP contribution in [-0.4, -0.2) is 4.57 Å². The normalized spacial score (nSPS) is 11.9. The highest BCUT2D eigenvalue weighted by Gasteiger charge is 2.10. The fraction of sp³-hybridized carbons (Fsp3) is 0.308. The average Bonchev–Trinajstić information content (AvgIpc) is 2.86. The Labute approximate surface area is 108 Å². The number of hydrogen-bond acceptors (Lipinski definition) is 4. The molecule has 1 atom stereocenters. The summed E-state index contributed by atoms with van der Waals surface area (Å²) in [7, 11) is 0. The summed E-state index contributed by atoms with van der Waals surface area (Å²) in [5, 5.41) is 20.1. The lowest BCUT2D eigenvalue weighted by molar-refractivity contribution is 0.503. The van der Waals surface area contributed by atoms with E-state index in [4.69, 9.17) is 10.5 Å². The summed E-state index contributed by atoms with van der Waals surface area (Å²) in [5.41, 5.74) is -0.0639. The molecule has 0 unspecified atom stereocenters. The van der Waals surface area contributed by atoms with Gasteiger partial charge in [-0.05, 0) is 23.9 Å².